The van der Waals surface area contributed by atoms with Crippen molar-refractivity contribution in [2.45, 2.75) is 32.4 Å². The lowest BCUT2D eigenvalue weighted by Gasteiger charge is -2.34. The Morgan fingerprint density at radius 1 is 1.13 bits per heavy atom. The second-order valence-electron chi connectivity index (χ2n) is 7.24. The van der Waals surface area contributed by atoms with E-state index in [1.54, 1.807) is 31.0 Å². The Labute approximate surface area is 185 Å². The van der Waals surface area contributed by atoms with Crippen LogP contribution in [0.3, 0.4) is 0 Å². The highest BCUT2D eigenvalue weighted by Gasteiger charge is 2.35. The summed E-state index contributed by atoms with van der Waals surface area (Å²) in [6.07, 6.45) is 2.83. The molecule has 2 aliphatic heterocycles. The first-order chi connectivity index (χ1) is 15.2. The Morgan fingerprint density at radius 3 is 2.74 bits per heavy atom. The third-order valence-electron chi connectivity index (χ3n) is 5.22. The fourth-order valence-corrected chi connectivity index (χ4v) is 4.51. The Morgan fingerprint density at radius 2 is 1.97 bits per heavy atom. The number of carbonyl (C=O) groups excluding carboxylic acids is 1. The molecule has 0 saturated heterocycles. The molecule has 0 radical (unpaired) electrons. The van der Waals surface area contributed by atoms with Crippen molar-refractivity contribution in [3.05, 3.63) is 58.6 Å². The van der Waals surface area contributed by atoms with Gasteiger partial charge in [0, 0.05) is 16.5 Å². The first-order valence-corrected chi connectivity index (χ1v) is 11.4. The summed E-state index contributed by atoms with van der Waals surface area (Å²) in [5, 5.41) is 11.6. The molecule has 2 heterocycles. The van der Waals surface area contributed by atoms with E-state index in [1.807, 2.05) is 42.5 Å². The van der Waals surface area contributed by atoms with Gasteiger partial charge in [0.1, 0.15) is 17.2 Å². The zero-order chi connectivity index (χ0) is 21.8. The first-order valence-electron chi connectivity index (χ1n) is 10.4. The van der Waals surface area contributed by atoms with Gasteiger partial charge in [-0.2, -0.15) is 0 Å². The monoisotopic (exact) mass is 438 g/mol. The summed E-state index contributed by atoms with van der Waals surface area (Å²) in [4.78, 5) is 18.1. The molecule has 4 rings (SSSR count). The van der Waals surface area contributed by atoms with Gasteiger partial charge in [0.2, 0.25) is 0 Å². The van der Waals surface area contributed by atoms with Crippen LogP contribution in [-0.2, 0) is 4.79 Å². The Hall–Kier alpha value is -3.00. The standard InChI is InChI=1S/C23H26N4O3S/c1-4-5-8-13-31-23-25-22(28)20-16-9-6-7-10-18(16)24-21(27(20)26-23)17-14-15(29-2)11-12-19(17)30-3/h6-7,9-12,14,21H,4-5,8,13H2,1-3H3,(H,25,26,28)/t21-/m0/s1. The maximum atomic E-state index is 13.2. The number of unbranched alkanes of at least 4 members (excludes halogenated alkanes) is 2. The zero-order valence-corrected chi connectivity index (χ0v) is 18.7. The van der Waals surface area contributed by atoms with Crippen LogP contribution in [-0.4, -0.2) is 36.1 Å². The van der Waals surface area contributed by atoms with Crippen molar-refractivity contribution in [3.8, 4) is 11.5 Å². The molecule has 0 spiro atoms. The number of nitrogens with one attached hydrogen (secondary N) is 1. The van der Waals surface area contributed by atoms with Crippen molar-refractivity contribution in [2.24, 2.45) is 10.1 Å². The molecule has 7 nitrogen and oxygen atoms in total. The van der Waals surface area contributed by atoms with Gasteiger partial charge in [-0.05, 0) is 30.7 Å². The number of hydrazone groups is 1. The molecule has 1 amide bonds. The van der Waals surface area contributed by atoms with Crippen LogP contribution in [0.5, 0.6) is 11.5 Å². The van der Waals surface area contributed by atoms with Crippen LogP contribution < -0.4 is 25.4 Å². The van der Waals surface area contributed by atoms with Crippen molar-refractivity contribution in [3.63, 3.8) is 0 Å². The van der Waals surface area contributed by atoms with Gasteiger partial charge in [0.15, 0.2) is 11.3 Å². The van der Waals surface area contributed by atoms with E-state index in [1.165, 1.54) is 0 Å². The molecule has 0 fully saturated rings. The van der Waals surface area contributed by atoms with Gasteiger partial charge in [-0.25, -0.2) is 5.01 Å². The predicted octanol–water partition coefficient (Wildman–Crippen LogP) is 2.77. The average molecular weight is 439 g/mol. The van der Waals surface area contributed by atoms with Crippen LogP contribution in [0.4, 0.5) is 0 Å². The molecule has 0 bridgehead atoms. The number of amidine groups is 1. The number of methoxy groups -OCH3 is 2. The Balaban J connectivity index is 1.83. The maximum absolute atomic E-state index is 13.2. The fourth-order valence-electron chi connectivity index (χ4n) is 3.66. The first kappa shape index (κ1) is 21.2. The van der Waals surface area contributed by atoms with E-state index in [0.29, 0.717) is 22.4 Å². The van der Waals surface area contributed by atoms with Crippen molar-refractivity contribution in [2.75, 3.05) is 20.0 Å². The van der Waals surface area contributed by atoms with E-state index in [4.69, 9.17) is 19.6 Å². The molecule has 2 aliphatic rings. The summed E-state index contributed by atoms with van der Waals surface area (Å²) in [7, 11) is 3.24. The number of fused-ring (bicyclic) bond motifs is 2. The minimum absolute atomic E-state index is 0.179. The molecule has 2 aromatic carbocycles. The van der Waals surface area contributed by atoms with Gasteiger partial charge in [0.05, 0.1) is 19.6 Å². The van der Waals surface area contributed by atoms with E-state index in [2.05, 4.69) is 12.2 Å². The highest BCUT2D eigenvalue weighted by atomic mass is 32.2. The molecule has 2 aromatic rings. The van der Waals surface area contributed by atoms with E-state index >= 15 is 0 Å². The van der Waals surface area contributed by atoms with Crippen LogP contribution in [0.1, 0.15) is 37.9 Å². The van der Waals surface area contributed by atoms with Gasteiger partial charge in [-0.3, -0.25) is 15.1 Å². The van der Waals surface area contributed by atoms with E-state index in [-0.39, 0.29) is 5.91 Å². The van der Waals surface area contributed by atoms with E-state index < -0.39 is 6.17 Å². The summed E-state index contributed by atoms with van der Waals surface area (Å²) in [5.74, 6) is 2.07. The van der Waals surface area contributed by atoms with Gasteiger partial charge in [-0.1, -0.05) is 49.7 Å². The van der Waals surface area contributed by atoms with Crippen molar-refractivity contribution >= 4 is 28.5 Å². The quantitative estimate of drug-likeness (QED) is 0.673. The summed E-state index contributed by atoms with van der Waals surface area (Å²) >= 11 is 1.56. The van der Waals surface area contributed by atoms with Crippen molar-refractivity contribution in [1.82, 2.24) is 10.3 Å². The number of benzene rings is 2. The van der Waals surface area contributed by atoms with Gasteiger partial charge < -0.3 is 9.47 Å². The number of carbonyl (C=O) groups is 1. The number of hydrogen-bond acceptors (Lipinski definition) is 7. The maximum Gasteiger partial charge on any atom is 0.276 e. The lowest BCUT2D eigenvalue weighted by Crippen LogP contribution is -2.50. The smallest absolute Gasteiger partial charge is 0.276 e. The molecule has 0 aliphatic carbocycles. The zero-order valence-electron chi connectivity index (χ0n) is 17.9. The second-order valence-corrected chi connectivity index (χ2v) is 8.32. The normalized spacial score (nSPS) is 17.2. The molecule has 0 aromatic heterocycles. The number of hydrogen-bond donors (Lipinski definition) is 1. The second kappa shape index (κ2) is 9.43. The number of thioether (sulfide) groups is 1. The van der Waals surface area contributed by atoms with Crippen molar-refractivity contribution < 1.29 is 14.3 Å². The van der Waals surface area contributed by atoms with Gasteiger partial charge >= 0.3 is 0 Å². The fraction of sp³-hybridized carbons (Fsp3) is 0.348. The van der Waals surface area contributed by atoms with Crippen LogP contribution in [0, 0.1) is 0 Å². The van der Waals surface area contributed by atoms with E-state index in [0.717, 1.165) is 41.2 Å². The number of rotatable bonds is 7. The van der Waals surface area contributed by atoms with Crippen LogP contribution in [0.25, 0.3) is 5.70 Å². The van der Waals surface area contributed by atoms with Crippen LogP contribution in [0.2, 0.25) is 0 Å². The molecule has 1 atom stereocenters. The highest BCUT2D eigenvalue weighted by Crippen LogP contribution is 2.37. The molecular weight excluding hydrogens is 412 g/mol. The number of para-hydroxylation sites is 1. The predicted molar refractivity (Wildman–Crippen MR) is 122 cm³/mol. The average Bonchev–Trinajstić information content (AvgIpc) is 2.80. The third kappa shape index (κ3) is 4.25. The molecule has 162 valence electrons. The summed E-state index contributed by atoms with van der Waals surface area (Å²) < 4.78 is 11.0. The SMILES string of the molecule is CCCCCSC1=NN2C(=c3ccccc3=N[C@@H]2c2cc(OC)ccc2OC)C(=O)N1. The minimum atomic E-state index is -0.549. The number of ether oxygens (including phenoxy) is 2. The highest BCUT2D eigenvalue weighted by molar-refractivity contribution is 8.13. The molecule has 1 N–H and O–H groups in total. The summed E-state index contributed by atoms with van der Waals surface area (Å²) in [6.45, 7) is 2.17. The Kier molecular flexibility index (Phi) is 6.46. The topological polar surface area (TPSA) is 75.5 Å². The number of amides is 1. The van der Waals surface area contributed by atoms with Crippen molar-refractivity contribution in [1.29, 1.82) is 0 Å². The molecule has 8 heteroatoms. The van der Waals surface area contributed by atoms with Crippen LogP contribution >= 0.6 is 11.8 Å². The lowest BCUT2D eigenvalue weighted by atomic mass is 10.1. The molecule has 31 heavy (non-hydrogen) atoms. The van der Waals surface area contributed by atoms with Gasteiger partial charge in [0.25, 0.3) is 5.91 Å². The minimum Gasteiger partial charge on any atom is -0.497 e. The molecule has 0 unspecified atom stereocenters. The summed E-state index contributed by atoms with van der Waals surface area (Å²) in [6, 6.07) is 13.2. The Bertz CT molecular complexity index is 1130. The summed E-state index contributed by atoms with van der Waals surface area (Å²) in [5.41, 5.74) is 1.26. The van der Waals surface area contributed by atoms with Crippen LogP contribution in [0.15, 0.2) is 52.6 Å². The molecular formula is C23H26N4O3S. The largest absolute Gasteiger partial charge is 0.497 e. The van der Waals surface area contributed by atoms with E-state index in [9.17, 15) is 4.79 Å². The third-order valence-corrected chi connectivity index (χ3v) is 6.17. The van der Waals surface area contributed by atoms with Gasteiger partial charge in [-0.15, -0.1) is 5.10 Å². The number of nitrogens with zero attached hydrogens (tertiary/aromatic N) is 3. The lowest BCUT2D eigenvalue weighted by molar-refractivity contribution is -0.116. The molecule has 0 saturated carbocycles.